The van der Waals surface area contributed by atoms with Crippen molar-refractivity contribution in [3.05, 3.63) is 0 Å². The fraction of sp³-hybridized carbons (Fsp3) is 0.937. The molecule has 0 rings (SSSR count). The van der Waals surface area contributed by atoms with Crippen molar-refractivity contribution in [1.29, 1.82) is 0 Å². The average Bonchev–Trinajstić information content (AvgIpc) is 3.43. The zero-order chi connectivity index (χ0) is 60.8. The van der Waals surface area contributed by atoms with Crippen LogP contribution in [0.15, 0.2) is 0 Å². The van der Waals surface area contributed by atoms with E-state index in [0.29, 0.717) is 25.7 Å². The summed E-state index contributed by atoms with van der Waals surface area (Å²) in [6, 6.07) is 0. The van der Waals surface area contributed by atoms with Gasteiger partial charge in [0.2, 0.25) is 0 Å². The molecular weight excluding hydrogens is 1090 g/mol. The van der Waals surface area contributed by atoms with Gasteiger partial charge in [0.25, 0.3) is 0 Å². The lowest BCUT2D eigenvalue weighted by Crippen LogP contribution is -2.30. The van der Waals surface area contributed by atoms with Gasteiger partial charge in [-0.1, -0.05) is 260 Å². The largest absolute Gasteiger partial charge is 0.472 e. The standard InChI is InChI=1S/C63H122O17P2/c1-7-9-11-13-15-28-35-41-47-62(67)79-58(51-73-60(65)45-39-33-25-14-12-10-8-2)53-77-81(69,70)75-49-57(64)50-76-82(71,72)78-54-59(52-74-61(66)46-40-34-29-23-20-19-22-27-32-38-44-56(5)6)80-63(68)48-42-36-30-24-18-16-17-21-26-31-37-43-55(3)4/h55-59,64H,7-54H2,1-6H3,(H,69,70)(H,71,72)/t57-,58+,59+/m0/s1. The third-order valence-corrected chi connectivity index (χ3v) is 16.4. The summed E-state index contributed by atoms with van der Waals surface area (Å²) < 4.78 is 67.8. The van der Waals surface area contributed by atoms with Gasteiger partial charge in [-0.2, -0.15) is 0 Å². The van der Waals surface area contributed by atoms with E-state index in [-0.39, 0.29) is 25.7 Å². The van der Waals surface area contributed by atoms with Crippen molar-refractivity contribution in [1.82, 2.24) is 0 Å². The Balaban J connectivity index is 5.20. The average molecular weight is 1210 g/mol. The first-order valence-electron chi connectivity index (χ1n) is 33.0. The number of carbonyl (C=O) groups excluding carboxylic acids is 4. The molecule has 0 aliphatic rings. The van der Waals surface area contributed by atoms with E-state index < -0.39 is 97.5 Å². The summed E-state index contributed by atoms with van der Waals surface area (Å²) >= 11 is 0. The van der Waals surface area contributed by atoms with Crippen LogP contribution in [0.1, 0.15) is 311 Å². The van der Waals surface area contributed by atoms with Crippen molar-refractivity contribution in [3.8, 4) is 0 Å². The molecule has 3 N–H and O–H groups in total. The summed E-state index contributed by atoms with van der Waals surface area (Å²) in [5, 5.41) is 10.5. The van der Waals surface area contributed by atoms with Crippen LogP contribution in [0.2, 0.25) is 0 Å². The van der Waals surface area contributed by atoms with Gasteiger partial charge in [-0.25, -0.2) is 9.13 Å². The Morgan fingerprint density at radius 2 is 0.561 bits per heavy atom. The Morgan fingerprint density at radius 1 is 0.329 bits per heavy atom. The number of phosphoric ester groups is 2. The van der Waals surface area contributed by atoms with Crippen LogP contribution < -0.4 is 0 Å². The number of rotatable bonds is 62. The molecule has 17 nitrogen and oxygen atoms in total. The number of unbranched alkanes of at least 4 members (excludes halogenated alkanes) is 32. The predicted molar refractivity (Wildman–Crippen MR) is 326 cm³/mol. The molecule has 0 aliphatic carbocycles. The Morgan fingerprint density at radius 3 is 0.829 bits per heavy atom. The molecule has 0 bridgehead atoms. The Bertz CT molecular complexity index is 1620. The van der Waals surface area contributed by atoms with Gasteiger partial charge in [0.05, 0.1) is 26.4 Å². The highest BCUT2D eigenvalue weighted by Gasteiger charge is 2.30. The third-order valence-electron chi connectivity index (χ3n) is 14.5. The van der Waals surface area contributed by atoms with E-state index in [2.05, 4.69) is 41.5 Å². The highest BCUT2D eigenvalue weighted by Crippen LogP contribution is 2.45. The Hall–Kier alpha value is -1.94. The number of hydrogen-bond acceptors (Lipinski definition) is 15. The first-order valence-corrected chi connectivity index (χ1v) is 36.0. The van der Waals surface area contributed by atoms with E-state index in [1.165, 1.54) is 109 Å². The molecule has 0 spiro atoms. The molecule has 0 heterocycles. The van der Waals surface area contributed by atoms with Crippen molar-refractivity contribution in [2.24, 2.45) is 11.8 Å². The summed E-state index contributed by atoms with van der Waals surface area (Å²) in [7, 11) is -9.88. The quantitative estimate of drug-likeness (QED) is 0.0222. The summed E-state index contributed by atoms with van der Waals surface area (Å²) in [5.41, 5.74) is 0. The van der Waals surface area contributed by atoms with Crippen LogP contribution in [0.3, 0.4) is 0 Å². The van der Waals surface area contributed by atoms with Crippen molar-refractivity contribution >= 4 is 39.5 Å². The molecule has 0 saturated carbocycles. The number of aliphatic hydroxyl groups excluding tert-OH is 1. The zero-order valence-electron chi connectivity index (χ0n) is 52.8. The van der Waals surface area contributed by atoms with Crippen LogP contribution in [0.5, 0.6) is 0 Å². The lowest BCUT2D eigenvalue weighted by molar-refractivity contribution is -0.161. The molecule has 82 heavy (non-hydrogen) atoms. The van der Waals surface area contributed by atoms with Gasteiger partial charge in [-0.3, -0.25) is 37.3 Å². The normalized spacial score (nSPS) is 14.3. The lowest BCUT2D eigenvalue weighted by atomic mass is 10.0. The molecule has 0 fully saturated rings. The van der Waals surface area contributed by atoms with Crippen LogP contribution in [0, 0.1) is 11.8 Å². The number of carbonyl (C=O) groups is 4. The maximum atomic E-state index is 13.0. The van der Waals surface area contributed by atoms with E-state index in [4.69, 9.17) is 37.0 Å². The van der Waals surface area contributed by atoms with Crippen LogP contribution in [0.25, 0.3) is 0 Å². The molecule has 0 saturated heterocycles. The summed E-state index contributed by atoms with van der Waals surface area (Å²) in [6.07, 6.45) is 37.7. The van der Waals surface area contributed by atoms with E-state index in [1.807, 2.05) is 0 Å². The smallest absolute Gasteiger partial charge is 0.462 e. The maximum Gasteiger partial charge on any atom is 0.472 e. The first kappa shape index (κ1) is 80.1. The minimum atomic E-state index is -4.94. The summed E-state index contributed by atoms with van der Waals surface area (Å²) in [6.45, 7) is 9.42. The van der Waals surface area contributed by atoms with Gasteiger partial charge in [-0.05, 0) is 37.5 Å². The van der Waals surface area contributed by atoms with Crippen molar-refractivity contribution in [2.75, 3.05) is 39.6 Å². The first-order chi connectivity index (χ1) is 39.4. The van der Waals surface area contributed by atoms with Gasteiger partial charge in [0.1, 0.15) is 19.3 Å². The molecule has 0 aromatic carbocycles. The van der Waals surface area contributed by atoms with Crippen LogP contribution in [-0.4, -0.2) is 96.7 Å². The third kappa shape index (κ3) is 57.2. The SMILES string of the molecule is CCCCCCCCCCC(=O)O[C@H](COC(=O)CCCCCCCCC)COP(=O)(O)OC[C@H](O)COP(=O)(O)OC[C@@H](COC(=O)CCCCCCCCCCCCC(C)C)OC(=O)CCCCCCCCCCCCCC(C)C. The second-order valence-electron chi connectivity index (χ2n) is 23.7. The molecule has 486 valence electrons. The minimum Gasteiger partial charge on any atom is -0.462 e. The monoisotopic (exact) mass is 1210 g/mol. The van der Waals surface area contributed by atoms with Crippen molar-refractivity contribution in [3.63, 3.8) is 0 Å². The molecule has 0 aromatic rings. The van der Waals surface area contributed by atoms with Gasteiger partial charge in [-0.15, -0.1) is 0 Å². The van der Waals surface area contributed by atoms with Crippen molar-refractivity contribution < 1.29 is 80.2 Å². The minimum absolute atomic E-state index is 0.104. The highest BCUT2D eigenvalue weighted by atomic mass is 31.2. The fourth-order valence-electron chi connectivity index (χ4n) is 9.35. The lowest BCUT2D eigenvalue weighted by Gasteiger charge is -2.21. The Kier molecular flexibility index (Phi) is 54.3. The van der Waals surface area contributed by atoms with Crippen molar-refractivity contribution in [2.45, 2.75) is 330 Å². The molecule has 19 heteroatoms. The second kappa shape index (κ2) is 55.6. The van der Waals surface area contributed by atoms with E-state index in [0.717, 1.165) is 121 Å². The zero-order valence-corrected chi connectivity index (χ0v) is 54.6. The summed E-state index contributed by atoms with van der Waals surface area (Å²) in [4.78, 5) is 72.0. The van der Waals surface area contributed by atoms with Crippen LogP contribution in [-0.2, 0) is 65.4 Å². The van der Waals surface area contributed by atoms with Crippen LogP contribution in [0.4, 0.5) is 0 Å². The highest BCUT2D eigenvalue weighted by molar-refractivity contribution is 7.47. The molecular formula is C63H122O17P2. The van der Waals surface area contributed by atoms with Crippen LogP contribution >= 0.6 is 15.6 Å². The van der Waals surface area contributed by atoms with Gasteiger partial charge >= 0.3 is 39.5 Å². The molecule has 2 unspecified atom stereocenters. The van der Waals surface area contributed by atoms with E-state index in [1.54, 1.807) is 0 Å². The molecule has 5 atom stereocenters. The Labute approximate surface area is 498 Å². The number of phosphoric acid groups is 2. The number of ether oxygens (including phenoxy) is 4. The summed E-state index contributed by atoms with van der Waals surface area (Å²) in [5.74, 6) is -0.617. The molecule has 0 aliphatic heterocycles. The predicted octanol–water partition coefficient (Wildman–Crippen LogP) is 17.3. The number of aliphatic hydroxyl groups is 1. The molecule has 0 radical (unpaired) electrons. The molecule has 0 amide bonds. The number of hydrogen-bond donors (Lipinski definition) is 3. The van der Waals surface area contributed by atoms with E-state index in [9.17, 15) is 43.2 Å². The van der Waals surface area contributed by atoms with Gasteiger partial charge in [0.15, 0.2) is 12.2 Å². The van der Waals surface area contributed by atoms with Gasteiger partial charge < -0.3 is 33.8 Å². The number of esters is 4. The second-order valence-corrected chi connectivity index (χ2v) is 26.7. The topological polar surface area (TPSA) is 237 Å². The molecule has 0 aromatic heterocycles. The maximum absolute atomic E-state index is 13.0. The van der Waals surface area contributed by atoms with E-state index >= 15 is 0 Å². The fourth-order valence-corrected chi connectivity index (χ4v) is 10.9. The van der Waals surface area contributed by atoms with Gasteiger partial charge in [0, 0.05) is 25.7 Å².